The Morgan fingerprint density at radius 2 is 2.23 bits per heavy atom. The standard InChI is InChI=1S/C10H16O3/c1-7(6-11)8-3-4-10(2,13)5-9(8)12/h11,13H,3-6H2,1-2H3/b8-7+. The van der Waals surface area contributed by atoms with Gasteiger partial charge in [-0.2, -0.15) is 0 Å². The average Bonchev–Trinajstić information content (AvgIpc) is 2.01. The van der Waals surface area contributed by atoms with Gasteiger partial charge in [0, 0.05) is 6.42 Å². The lowest BCUT2D eigenvalue weighted by Crippen LogP contribution is -2.33. The number of rotatable bonds is 1. The summed E-state index contributed by atoms with van der Waals surface area (Å²) in [6.07, 6.45) is 1.36. The van der Waals surface area contributed by atoms with Crippen LogP contribution in [-0.2, 0) is 4.79 Å². The monoisotopic (exact) mass is 184 g/mol. The minimum Gasteiger partial charge on any atom is -0.392 e. The normalized spacial score (nSPS) is 33.4. The van der Waals surface area contributed by atoms with Gasteiger partial charge < -0.3 is 10.2 Å². The van der Waals surface area contributed by atoms with E-state index >= 15 is 0 Å². The van der Waals surface area contributed by atoms with Crippen molar-refractivity contribution in [1.29, 1.82) is 0 Å². The molecule has 0 aromatic rings. The van der Waals surface area contributed by atoms with Crippen LogP contribution < -0.4 is 0 Å². The van der Waals surface area contributed by atoms with E-state index in [0.717, 1.165) is 5.57 Å². The van der Waals surface area contributed by atoms with E-state index in [9.17, 15) is 9.90 Å². The first-order valence-electron chi connectivity index (χ1n) is 4.51. The molecule has 1 aliphatic rings. The van der Waals surface area contributed by atoms with Crippen molar-refractivity contribution in [3.05, 3.63) is 11.1 Å². The third-order valence-corrected chi connectivity index (χ3v) is 2.54. The predicted octanol–water partition coefficient (Wildman–Crippen LogP) is 0.799. The highest BCUT2D eigenvalue weighted by Gasteiger charge is 2.32. The molecule has 3 nitrogen and oxygen atoms in total. The molecule has 0 spiro atoms. The predicted molar refractivity (Wildman–Crippen MR) is 49.3 cm³/mol. The van der Waals surface area contributed by atoms with Gasteiger partial charge in [0.1, 0.15) is 0 Å². The second kappa shape index (κ2) is 3.60. The number of Topliss-reactive ketones (excluding diaryl/α,β-unsaturated/α-hetero) is 1. The number of aliphatic hydroxyl groups is 2. The van der Waals surface area contributed by atoms with Gasteiger partial charge in [-0.3, -0.25) is 4.79 Å². The van der Waals surface area contributed by atoms with Crippen LogP contribution in [0.4, 0.5) is 0 Å². The summed E-state index contributed by atoms with van der Waals surface area (Å²) in [5.41, 5.74) is 0.589. The third kappa shape index (κ3) is 2.39. The van der Waals surface area contributed by atoms with E-state index in [-0.39, 0.29) is 18.8 Å². The van der Waals surface area contributed by atoms with E-state index in [1.54, 1.807) is 13.8 Å². The zero-order valence-corrected chi connectivity index (χ0v) is 8.13. The van der Waals surface area contributed by atoms with Crippen molar-refractivity contribution in [3.8, 4) is 0 Å². The number of aliphatic hydroxyl groups excluding tert-OH is 1. The molecule has 1 fully saturated rings. The Kier molecular flexibility index (Phi) is 2.88. The van der Waals surface area contributed by atoms with E-state index in [4.69, 9.17) is 5.11 Å². The quantitative estimate of drug-likeness (QED) is 0.593. The molecule has 0 aromatic heterocycles. The fraction of sp³-hybridized carbons (Fsp3) is 0.700. The van der Waals surface area contributed by atoms with Crippen molar-refractivity contribution in [2.24, 2.45) is 0 Å². The van der Waals surface area contributed by atoms with Gasteiger partial charge in [0.25, 0.3) is 0 Å². The van der Waals surface area contributed by atoms with Gasteiger partial charge in [0.05, 0.1) is 12.2 Å². The van der Waals surface area contributed by atoms with Crippen molar-refractivity contribution in [3.63, 3.8) is 0 Å². The molecule has 13 heavy (non-hydrogen) atoms. The lowest BCUT2D eigenvalue weighted by atomic mass is 9.81. The second-order valence-corrected chi connectivity index (χ2v) is 4.01. The molecule has 0 aromatic carbocycles. The largest absolute Gasteiger partial charge is 0.392 e. The fourth-order valence-electron chi connectivity index (χ4n) is 1.62. The summed E-state index contributed by atoms with van der Waals surface area (Å²) < 4.78 is 0. The number of ketones is 1. The molecule has 1 atom stereocenters. The van der Waals surface area contributed by atoms with Crippen molar-refractivity contribution in [1.82, 2.24) is 0 Å². The van der Waals surface area contributed by atoms with Crippen LogP contribution >= 0.6 is 0 Å². The van der Waals surface area contributed by atoms with Crippen LogP contribution in [-0.4, -0.2) is 28.2 Å². The molecule has 0 heterocycles. The molecule has 1 rings (SSSR count). The van der Waals surface area contributed by atoms with Crippen LogP contribution in [0.15, 0.2) is 11.1 Å². The summed E-state index contributed by atoms with van der Waals surface area (Å²) >= 11 is 0. The highest BCUT2D eigenvalue weighted by Crippen LogP contribution is 2.30. The number of carbonyl (C=O) groups is 1. The third-order valence-electron chi connectivity index (χ3n) is 2.54. The number of allylic oxidation sites excluding steroid dienone is 1. The number of carbonyl (C=O) groups excluding carboxylic acids is 1. The molecule has 0 radical (unpaired) electrons. The van der Waals surface area contributed by atoms with Crippen LogP contribution in [0.25, 0.3) is 0 Å². The molecule has 2 N–H and O–H groups in total. The minimum absolute atomic E-state index is 0.0252. The molecule has 0 saturated heterocycles. The Bertz CT molecular complexity index is 251. The molecular weight excluding hydrogens is 168 g/mol. The molecule has 74 valence electrons. The number of hydrogen-bond acceptors (Lipinski definition) is 3. The van der Waals surface area contributed by atoms with Crippen LogP contribution in [0.2, 0.25) is 0 Å². The van der Waals surface area contributed by atoms with E-state index in [1.165, 1.54) is 0 Å². The van der Waals surface area contributed by atoms with Crippen LogP contribution in [0.3, 0.4) is 0 Å². The van der Waals surface area contributed by atoms with Crippen molar-refractivity contribution in [2.45, 2.75) is 38.7 Å². The van der Waals surface area contributed by atoms with Gasteiger partial charge in [0.15, 0.2) is 5.78 Å². The van der Waals surface area contributed by atoms with Crippen molar-refractivity contribution >= 4 is 5.78 Å². The SMILES string of the molecule is C/C(CO)=C1/CCC(C)(O)CC1=O. The van der Waals surface area contributed by atoms with Crippen LogP contribution in [0, 0.1) is 0 Å². The van der Waals surface area contributed by atoms with Crippen LogP contribution in [0.1, 0.15) is 33.1 Å². The molecule has 3 heteroatoms. The number of hydrogen-bond donors (Lipinski definition) is 2. The second-order valence-electron chi connectivity index (χ2n) is 4.01. The maximum atomic E-state index is 11.5. The smallest absolute Gasteiger partial charge is 0.161 e. The Labute approximate surface area is 78.1 Å². The summed E-state index contributed by atoms with van der Waals surface area (Å²) in [5, 5.41) is 18.5. The molecule has 1 aliphatic carbocycles. The molecule has 0 amide bonds. The average molecular weight is 184 g/mol. The van der Waals surface area contributed by atoms with Gasteiger partial charge in [-0.1, -0.05) is 0 Å². The molecule has 1 saturated carbocycles. The van der Waals surface area contributed by atoms with Gasteiger partial charge >= 0.3 is 0 Å². The van der Waals surface area contributed by atoms with E-state index in [1.807, 2.05) is 0 Å². The van der Waals surface area contributed by atoms with E-state index in [2.05, 4.69) is 0 Å². The van der Waals surface area contributed by atoms with Gasteiger partial charge in [-0.05, 0) is 37.8 Å². The van der Waals surface area contributed by atoms with Gasteiger partial charge in [-0.25, -0.2) is 0 Å². The van der Waals surface area contributed by atoms with Gasteiger partial charge in [-0.15, -0.1) is 0 Å². The lowest BCUT2D eigenvalue weighted by Gasteiger charge is -2.29. The summed E-state index contributed by atoms with van der Waals surface area (Å²) in [7, 11) is 0. The minimum atomic E-state index is -0.851. The lowest BCUT2D eigenvalue weighted by molar-refractivity contribution is -0.122. The summed E-state index contributed by atoms with van der Waals surface area (Å²) in [6.45, 7) is 3.37. The van der Waals surface area contributed by atoms with Crippen molar-refractivity contribution in [2.75, 3.05) is 6.61 Å². The summed E-state index contributed by atoms with van der Waals surface area (Å²) in [5.74, 6) is -0.0252. The molecule has 0 bridgehead atoms. The Hall–Kier alpha value is -0.670. The van der Waals surface area contributed by atoms with Crippen molar-refractivity contribution < 1.29 is 15.0 Å². The Morgan fingerprint density at radius 3 is 2.69 bits per heavy atom. The Morgan fingerprint density at radius 1 is 1.62 bits per heavy atom. The summed E-state index contributed by atoms with van der Waals surface area (Å²) in [6, 6.07) is 0. The van der Waals surface area contributed by atoms with Crippen LogP contribution in [0.5, 0.6) is 0 Å². The zero-order chi connectivity index (χ0) is 10.1. The maximum Gasteiger partial charge on any atom is 0.161 e. The van der Waals surface area contributed by atoms with Gasteiger partial charge in [0.2, 0.25) is 0 Å². The fourth-order valence-corrected chi connectivity index (χ4v) is 1.62. The highest BCUT2D eigenvalue weighted by atomic mass is 16.3. The molecule has 1 unspecified atom stereocenters. The maximum absolute atomic E-state index is 11.5. The topological polar surface area (TPSA) is 57.5 Å². The zero-order valence-electron chi connectivity index (χ0n) is 8.13. The first-order chi connectivity index (χ1) is 5.96. The summed E-state index contributed by atoms with van der Waals surface area (Å²) in [4.78, 5) is 11.5. The first kappa shape index (κ1) is 10.4. The molecular formula is C10H16O3. The molecule has 0 aliphatic heterocycles. The van der Waals surface area contributed by atoms with E-state index in [0.29, 0.717) is 18.4 Å². The van der Waals surface area contributed by atoms with E-state index < -0.39 is 5.60 Å². The highest BCUT2D eigenvalue weighted by molar-refractivity contribution is 5.97. The first-order valence-corrected chi connectivity index (χ1v) is 4.51. The Balaban J connectivity index is 2.81.